The van der Waals surface area contributed by atoms with Gasteiger partial charge in [0.1, 0.15) is 0 Å². The number of likely N-dealkylation sites (tertiary alicyclic amines) is 2. The second-order valence-corrected chi connectivity index (χ2v) is 9.69. The summed E-state index contributed by atoms with van der Waals surface area (Å²) in [5.74, 6) is 1.48. The van der Waals surface area contributed by atoms with Crippen LogP contribution in [0, 0.1) is 0 Å². The van der Waals surface area contributed by atoms with E-state index in [1.165, 1.54) is 45.2 Å². The number of nitrogens with zero attached hydrogens (tertiary/aromatic N) is 2. The molecule has 3 nitrogen and oxygen atoms in total. The van der Waals surface area contributed by atoms with Crippen molar-refractivity contribution in [1.29, 1.82) is 0 Å². The smallest absolute Gasteiger partial charge is 0.222 e. The minimum absolute atomic E-state index is 0.314. The Morgan fingerprint density at radius 3 is 2.45 bits per heavy atom. The topological polar surface area (TPSA) is 23.6 Å². The van der Waals surface area contributed by atoms with Gasteiger partial charge in [0.2, 0.25) is 5.91 Å². The van der Waals surface area contributed by atoms with E-state index in [0.29, 0.717) is 10.7 Å². The van der Waals surface area contributed by atoms with E-state index in [-0.39, 0.29) is 0 Å². The van der Waals surface area contributed by atoms with Crippen LogP contribution in [0.2, 0.25) is 0 Å². The van der Waals surface area contributed by atoms with Gasteiger partial charge in [-0.2, -0.15) is 11.8 Å². The van der Waals surface area contributed by atoms with Gasteiger partial charge in [0.25, 0.3) is 0 Å². The molecule has 2 fully saturated rings. The Bertz CT molecular complexity index is 347. The Morgan fingerprint density at radius 2 is 1.77 bits per heavy atom. The minimum atomic E-state index is 0.314. The number of hydrogen-bond donors (Lipinski definition) is 0. The molecule has 0 spiro atoms. The third-order valence-electron chi connectivity index (χ3n) is 4.78. The molecule has 0 saturated carbocycles. The predicted octanol–water partition coefficient (Wildman–Crippen LogP) is 3.78. The van der Waals surface area contributed by atoms with Crippen molar-refractivity contribution in [2.45, 2.75) is 76.5 Å². The number of thioether (sulfide) groups is 1. The normalized spacial score (nSPS) is 24.5. The largest absolute Gasteiger partial charge is 0.343 e. The number of rotatable bonds is 5. The molecule has 128 valence electrons. The van der Waals surface area contributed by atoms with Gasteiger partial charge in [-0.05, 0) is 57.4 Å². The average Bonchev–Trinajstić information content (AvgIpc) is 2.87. The van der Waals surface area contributed by atoms with Crippen LogP contribution in [-0.2, 0) is 4.79 Å². The fraction of sp³-hybridized carbons (Fsp3) is 0.944. The maximum absolute atomic E-state index is 12.4. The minimum Gasteiger partial charge on any atom is -0.343 e. The summed E-state index contributed by atoms with van der Waals surface area (Å²) in [5.41, 5.74) is 0. The lowest BCUT2D eigenvalue weighted by Crippen LogP contribution is -2.35. The van der Waals surface area contributed by atoms with E-state index >= 15 is 0 Å². The van der Waals surface area contributed by atoms with Crippen LogP contribution < -0.4 is 0 Å². The van der Waals surface area contributed by atoms with Crippen molar-refractivity contribution in [2.24, 2.45) is 0 Å². The van der Waals surface area contributed by atoms with Gasteiger partial charge in [0, 0.05) is 30.3 Å². The quantitative estimate of drug-likeness (QED) is 0.719. The van der Waals surface area contributed by atoms with E-state index < -0.39 is 0 Å². The van der Waals surface area contributed by atoms with Gasteiger partial charge in [0.15, 0.2) is 0 Å². The SMILES string of the molecule is CC(C)(C)SCCCC(=O)N1CCC[C@@H](N2CCCC2)CC1. The maximum Gasteiger partial charge on any atom is 0.222 e. The van der Waals surface area contributed by atoms with Crippen molar-refractivity contribution >= 4 is 17.7 Å². The number of hydrogen-bond acceptors (Lipinski definition) is 3. The Balaban J connectivity index is 1.67. The summed E-state index contributed by atoms with van der Waals surface area (Å²) in [4.78, 5) is 17.2. The summed E-state index contributed by atoms with van der Waals surface area (Å²) in [6.07, 6.45) is 8.13. The molecule has 0 aromatic carbocycles. The Kier molecular flexibility index (Phi) is 7.07. The zero-order chi connectivity index (χ0) is 16.0. The lowest BCUT2D eigenvalue weighted by Gasteiger charge is -2.26. The molecule has 0 radical (unpaired) electrons. The molecule has 0 aliphatic carbocycles. The number of carbonyl (C=O) groups is 1. The summed E-state index contributed by atoms with van der Waals surface area (Å²) in [6.45, 7) is 11.2. The average molecular weight is 327 g/mol. The lowest BCUT2D eigenvalue weighted by molar-refractivity contribution is -0.131. The fourth-order valence-corrected chi connectivity index (χ4v) is 4.46. The molecule has 2 aliphatic heterocycles. The van der Waals surface area contributed by atoms with E-state index in [9.17, 15) is 4.79 Å². The molecule has 1 amide bonds. The van der Waals surface area contributed by atoms with Crippen molar-refractivity contribution in [3.63, 3.8) is 0 Å². The first-order valence-electron chi connectivity index (χ1n) is 9.11. The molecule has 1 atom stereocenters. The van der Waals surface area contributed by atoms with E-state index in [4.69, 9.17) is 0 Å². The van der Waals surface area contributed by atoms with Crippen LogP contribution in [0.5, 0.6) is 0 Å². The zero-order valence-corrected chi connectivity index (χ0v) is 15.6. The Hall–Kier alpha value is -0.220. The van der Waals surface area contributed by atoms with Gasteiger partial charge in [-0.3, -0.25) is 4.79 Å². The van der Waals surface area contributed by atoms with Crippen LogP contribution in [0.3, 0.4) is 0 Å². The van der Waals surface area contributed by atoms with Crippen LogP contribution in [0.25, 0.3) is 0 Å². The fourth-order valence-electron chi connectivity index (χ4n) is 3.56. The van der Waals surface area contributed by atoms with Gasteiger partial charge in [-0.15, -0.1) is 0 Å². The predicted molar refractivity (Wildman–Crippen MR) is 96.5 cm³/mol. The molecule has 2 aliphatic rings. The highest BCUT2D eigenvalue weighted by Gasteiger charge is 2.26. The monoisotopic (exact) mass is 326 g/mol. The Morgan fingerprint density at radius 1 is 1.05 bits per heavy atom. The molecule has 2 rings (SSSR count). The second kappa shape index (κ2) is 8.58. The molecule has 0 unspecified atom stereocenters. The van der Waals surface area contributed by atoms with Crippen LogP contribution in [0.1, 0.15) is 65.7 Å². The maximum atomic E-state index is 12.4. The second-order valence-electron chi connectivity index (χ2n) is 7.77. The zero-order valence-electron chi connectivity index (χ0n) is 14.8. The molecule has 4 heteroatoms. The number of amides is 1. The first kappa shape index (κ1) is 18.1. The van der Waals surface area contributed by atoms with Crippen LogP contribution >= 0.6 is 11.8 Å². The number of carbonyl (C=O) groups excluding carboxylic acids is 1. The van der Waals surface area contributed by atoms with Crippen molar-refractivity contribution in [3.8, 4) is 0 Å². The van der Waals surface area contributed by atoms with Crippen molar-refractivity contribution < 1.29 is 4.79 Å². The molecular formula is C18H34N2OS. The third kappa shape index (κ3) is 6.11. The first-order valence-corrected chi connectivity index (χ1v) is 10.1. The summed E-state index contributed by atoms with van der Waals surface area (Å²) in [6, 6.07) is 0.733. The van der Waals surface area contributed by atoms with Gasteiger partial charge >= 0.3 is 0 Å². The molecule has 0 aromatic rings. The van der Waals surface area contributed by atoms with Crippen LogP contribution in [0.15, 0.2) is 0 Å². The highest BCUT2D eigenvalue weighted by Crippen LogP contribution is 2.25. The highest BCUT2D eigenvalue weighted by atomic mass is 32.2. The molecule has 2 heterocycles. The molecule has 22 heavy (non-hydrogen) atoms. The van der Waals surface area contributed by atoms with Crippen molar-refractivity contribution in [1.82, 2.24) is 9.80 Å². The van der Waals surface area contributed by atoms with E-state index in [1.807, 2.05) is 11.8 Å². The van der Waals surface area contributed by atoms with E-state index in [1.54, 1.807) is 0 Å². The molecular weight excluding hydrogens is 292 g/mol. The molecule has 0 bridgehead atoms. The van der Waals surface area contributed by atoms with Gasteiger partial charge in [-0.25, -0.2) is 0 Å². The van der Waals surface area contributed by atoms with E-state index in [2.05, 4.69) is 30.6 Å². The van der Waals surface area contributed by atoms with Crippen molar-refractivity contribution in [2.75, 3.05) is 31.9 Å². The highest BCUT2D eigenvalue weighted by molar-refractivity contribution is 8.00. The first-order chi connectivity index (χ1) is 10.5. The molecule has 2 saturated heterocycles. The summed E-state index contributed by atoms with van der Waals surface area (Å²) in [7, 11) is 0. The van der Waals surface area contributed by atoms with Gasteiger partial charge in [-0.1, -0.05) is 20.8 Å². The van der Waals surface area contributed by atoms with Crippen LogP contribution in [0.4, 0.5) is 0 Å². The Labute approximate surface area is 141 Å². The summed E-state index contributed by atoms with van der Waals surface area (Å²) in [5, 5.41) is 0. The third-order valence-corrected chi connectivity index (χ3v) is 6.14. The summed E-state index contributed by atoms with van der Waals surface area (Å²) < 4.78 is 0.314. The standard InChI is InChI=1S/C18H34N2OS/c1-18(2,3)22-15-7-9-17(21)20-13-6-8-16(10-14-20)19-11-4-5-12-19/h16H,4-15H2,1-3H3/t16-/m1/s1. The van der Waals surface area contributed by atoms with Gasteiger partial charge in [0.05, 0.1) is 0 Å². The van der Waals surface area contributed by atoms with Gasteiger partial charge < -0.3 is 9.80 Å². The van der Waals surface area contributed by atoms with E-state index in [0.717, 1.165) is 37.7 Å². The lowest BCUT2D eigenvalue weighted by atomic mass is 10.1. The van der Waals surface area contributed by atoms with Crippen molar-refractivity contribution in [3.05, 3.63) is 0 Å². The molecule has 0 aromatic heterocycles. The molecule has 0 N–H and O–H groups in total. The summed E-state index contributed by atoms with van der Waals surface area (Å²) >= 11 is 1.97. The van der Waals surface area contributed by atoms with Crippen LogP contribution in [-0.4, -0.2) is 58.4 Å².